The maximum absolute atomic E-state index is 12.5. The van der Waals surface area contributed by atoms with E-state index in [1.54, 1.807) is 0 Å². The summed E-state index contributed by atoms with van der Waals surface area (Å²) in [4.78, 5) is 1.91. The molecule has 1 unspecified atom stereocenters. The first kappa shape index (κ1) is 16.3. The smallest absolute Gasteiger partial charge is 0.329 e. The number of hydrogen-bond donors (Lipinski definition) is 1. The minimum absolute atomic E-state index is 0.0597. The van der Waals surface area contributed by atoms with Crippen molar-refractivity contribution in [1.82, 2.24) is 4.90 Å². The molecular weight excluding hydrogens is 305 g/mol. The van der Waals surface area contributed by atoms with Crippen LogP contribution in [0.5, 0.6) is 0 Å². The Morgan fingerprint density at radius 1 is 1.14 bits per heavy atom. The van der Waals surface area contributed by atoms with Crippen molar-refractivity contribution >= 4 is 9.84 Å². The zero-order valence-corrected chi connectivity index (χ0v) is 12.1. The molecule has 2 rings (SSSR count). The Morgan fingerprint density at radius 3 is 2.10 bits per heavy atom. The van der Waals surface area contributed by atoms with Crippen LogP contribution in [0.4, 0.5) is 13.2 Å². The Morgan fingerprint density at radius 2 is 1.67 bits per heavy atom. The molecule has 4 nitrogen and oxygen atoms in total. The van der Waals surface area contributed by atoms with Gasteiger partial charge in [0.15, 0.2) is 9.84 Å². The normalized spacial score (nSPS) is 21.1. The van der Waals surface area contributed by atoms with Crippen molar-refractivity contribution in [3.8, 4) is 0 Å². The Labute approximate surface area is 121 Å². The van der Waals surface area contributed by atoms with E-state index in [9.17, 15) is 21.6 Å². The van der Waals surface area contributed by atoms with Gasteiger partial charge in [-0.25, -0.2) is 8.42 Å². The van der Waals surface area contributed by atoms with Crippen molar-refractivity contribution in [3.63, 3.8) is 0 Å². The van der Waals surface area contributed by atoms with Crippen LogP contribution < -0.4 is 5.73 Å². The van der Waals surface area contributed by atoms with Gasteiger partial charge >= 0.3 is 6.18 Å². The number of benzene rings is 1. The number of hydrogen-bond acceptors (Lipinski definition) is 4. The Bertz CT molecular complexity index is 570. The van der Waals surface area contributed by atoms with Crippen LogP contribution in [0.3, 0.4) is 0 Å². The van der Waals surface area contributed by atoms with Crippen molar-refractivity contribution < 1.29 is 21.6 Å². The third-order valence-corrected chi connectivity index (χ3v) is 5.27. The number of rotatable bonds is 3. The zero-order valence-electron chi connectivity index (χ0n) is 11.3. The number of sulfone groups is 1. The lowest BCUT2D eigenvalue weighted by atomic mass is 10.0. The van der Waals surface area contributed by atoms with Gasteiger partial charge in [0.05, 0.1) is 17.1 Å². The van der Waals surface area contributed by atoms with Gasteiger partial charge in [0.25, 0.3) is 0 Å². The van der Waals surface area contributed by atoms with Gasteiger partial charge in [-0.15, -0.1) is 0 Å². The van der Waals surface area contributed by atoms with Gasteiger partial charge in [-0.1, -0.05) is 12.1 Å². The Hall–Kier alpha value is -1.12. The van der Waals surface area contributed by atoms with Crippen LogP contribution in [-0.2, 0) is 16.0 Å². The minimum Gasteiger partial charge on any atom is -0.329 e. The van der Waals surface area contributed by atoms with E-state index in [1.807, 2.05) is 4.90 Å². The molecule has 0 bridgehead atoms. The average Bonchev–Trinajstić information content (AvgIpc) is 2.41. The molecule has 0 aliphatic carbocycles. The second-order valence-electron chi connectivity index (χ2n) is 5.06. The lowest BCUT2D eigenvalue weighted by molar-refractivity contribution is -0.137. The summed E-state index contributed by atoms with van der Waals surface area (Å²) >= 11 is 0. The molecule has 0 amide bonds. The van der Waals surface area contributed by atoms with Gasteiger partial charge in [0.1, 0.15) is 0 Å². The molecule has 1 saturated heterocycles. The van der Waals surface area contributed by atoms with Crippen LogP contribution in [0.15, 0.2) is 24.3 Å². The van der Waals surface area contributed by atoms with E-state index in [0.29, 0.717) is 18.7 Å². The van der Waals surface area contributed by atoms with Gasteiger partial charge in [-0.2, -0.15) is 13.2 Å². The first-order valence-electron chi connectivity index (χ1n) is 6.54. The molecule has 21 heavy (non-hydrogen) atoms. The monoisotopic (exact) mass is 322 g/mol. The lowest BCUT2D eigenvalue weighted by Gasteiger charge is -2.34. The summed E-state index contributed by atoms with van der Waals surface area (Å²) in [6.45, 7) is 0.932. The second-order valence-corrected chi connectivity index (χ2v) is 7.36. The van der Waals surface area contributed by atoms with Crippen molar-refractivity contribution in [2.24, 2.45) is 5.73 Å². The van der Waals surface area contributed by atoms with Crippen LogP contribution in [0, 0.1) is 0 Å². The maximum Gasteiger partial charge on any atom is 0.416 e. The number of halogens is 3. The quantitative estimate of drug-likeness (QED) is 0.914. The van der Waals surface area contributed by atoms with E-state index in [0.717, 1.165) is 12.1 Å². The molecule has 0 spiro atoms. The Kier molecular flexibility index (Phi) is 4.60. The summed E-state index contributed by atoms with van der Waals surface area (Å²) in [7, 11) is -3.00. The van der Waals surface area contributed by atoms with Crippen LogP contribution in [0.1, 0.15) is 17.2 Å². The third-order valence-electron chi connectivity index (χ3n) is 3.67. The van der Waals surface area contributed by atoms with E-state index in [4.69, 9.17) is 5.73 Å². The highest BCUT2D eigenvalue weighted by Gasteiger charge is 2.31. The maximum atomic E-state index is 12.5. The highest BCUT2D eigenvalue weighted by atomic mass is 32.2. The van der Waals surface area contributed by atoms with Gasteiger partial charge in [-0.3, -0.25) is 4.90 Å². The van der Waals surface area contributed by atoms with Gasteiger partial charge < -0.3 is 5.73 Å². The lowest BCUT2D eigenvalue weighted by Crippen LogP contribution is -2.44. The highest BCUT2D eigenvalue weighted by Crippen LogP contribution is 2.31. The molecule has 1 heterocycles. The van der Waals surface area contributed by atoms with E-state index in [1.165, 1.54) is 12.1 Å². The Balaban J connectivity index is 2.15. The number of nitrogens with zero attached hydrogens (tertiary/aromatic N) is 1. The van der Waals surface area contributed by atoms with E-state index in [2.05, 4.69) is 0 Å². The molecule has 1 aliphatic heterocycles. The fourth-order valence-electron chi connectivity index (χ4n) is 2.43. The summed E-state index contributed by atoms with van der Waals surface area (Å²) < 4.78 is 60.5. The largest absolute Gasteiger partial charge is 0.416 e. The summed E-state index contributed by atoms with van der Waals surface area (Å²) in [5, 5.41) is 0. The van der Waals surface area contributed by atoms with E-state index in [-0.39, 0.29) is 24.1 Å². The fourth-order valence-corrected chi connectivity index (χ4v) is 3.66. The second kappa shape index (κ2) is 5.94. The van der Waals surface area contributed by atoms with Crippen LogP contribution >= 0.6 is 0 Å². The summed E-state index contributed by atoms with van der Waals surface area (Å²) in [6, 6.07) is 4.60. The SMILES string of the molecule is NCC(c1ccc(C(F)(F)F)cc1)N1CCS(=O)(=O)CC1. The highest BCUT2D eigenvalue weighted by molar-refractivity contribution is 7.91. The molecule has 0 radical (unpaired) electrons. The number of nitrogens with two attached hydrogens (primary N) is 1. The standard InChI is InChI=1S/C13H17F3N2O2S/c14-13(15,16)11-3-1-10(2-4-11)12(9-17)18-5-7-21(19,20)8-6-18/h1-4,12H,5-9,17H2. The molecule has 1 atom stereocenters. The predicted octanol–water partition coefficient (Wildman–Crippen LogP) is 1.44. The van der Waals surface area contributed by atoms with E-state index >= 15 is 0 Å². The van der Waals surface area contributed by atoms with Gasteiger partial charge in [0.2, 0.25) is 0 Å². The predicted molar refractivity (Wildman–Crippen MR) is 73.5 cm³/mol. The van der Waals surface area contributed by atoms with Crippen LogP contribution in [-0.4, -0.2) is 44.5 Å². The molecule has 1 fully saturated rings. The molecule has 1 aromatic rings. The zero-order chi connectivity index (χ0) is 15.7. The van der Waals surface area contributed by atoms with Crippen molar-refractivity contribution in [2.75, 3.05) is 31.1 Å². The number of alkyl halides is 3. The first-order valence-corrected chi connectivity index (χ1v) is 8.37. The molecule has 2 N–H and O–H groups in total. The molecule has 8 heteroatoms. The average molecular weight is 322 g/mol. The third kappa shape index (κ3) is 3.96. The van der Waals surface area contributed by atoms with Crippen LogP contribution in [0.25, 0.3) is 0 Å². The van der Waals surface area contributed by atoms with E-state index < -0.39 is 21.6 Å². The molecule has 0 aromatic heterocycles. The molecule has 0 saturated carbocycles. The molecule has 1 aromatic carbocycles. The van der Waals surface area contributed by atoms with Gasteiger partial charge in [-0.05, 0) is 17.7 Å². The van der Waals surface area contributed by atoms with Crippen molar-refractivity contribution in [2.45, 2.75) is 12.2 Å². The van der Waals surface area contributed by atoms with Crippen molar-refractivity contribution in [3.05, 3.63) is 35.4 Å². The fraction of sp³-hybridized carbons (Fsp3) is 0.538. The summed E-state index contributed by atoms with van der Waals surface area (Å²) in [6.07, 6.45) is -4.37. The molecular formula is C13H17F3N2O2S. The summed E-state index contributed by atoms with van der Waals surface area (Å²) in [5.41, 5.74) is 5.68. The topological polar surface area (TPSA) is 63.4 Å². The first-order chi connectivity index (χ1) is 9.73. The van der Waals surface area contributed by atoms with Crippen molar-refractivity contribution in [1.29, 1.82) is 0 Å². The van der Waals surface area contributed by atoms with Crippen LogP contribution in [0.2, 0.25) is 0 Å². The summed E-state index contributed by atoms with van der Waals surface area (Å²) in [5.74, 6) is 0.119. The molecule has 118 valence electrons. The molecule has 1 aliphatic rings. The minimum atomic E-state index is -4.37. The van der Waals surface area contributed by atoms with Gasteiger partial charge in [0, 0.05) is 25.7 Å².